The number of guanidine groups is 1. The lowest BCUT2D eigenvalue weighted by molar-refractivity contribution is 0.184. The highest BCUT2D eigenvalue weighted by molar-refractivity contribution is 5.78. The van der Waals surface area contributed by atoms with Gasteiger partial charge in [0.15, 0.2) is 5.96 Å². The molecule has 12 heavy (non-hydrogen) atoms. The Balaban J connectivity index is 2.18. The van der Waals surface area contributed by atoms with Crippen LogP contribution in [0.5, 0.6) is 0 Å². The van der Waals surface area contributed by atoms with Crippen LogP contribution >= 0.6 is 0 Å². The Bertz CT molecular complexity index is 169. The van der Waals surface area contributed by atoms with Gasteiger partial charge in [-0.1, -0.05) is 13.8 Å². The average Bonchev–Trinajstić information content (AvgIpc) is 1.94. The van der Waals surface area contributed by atoms with Gasteiger partial charge < -0.3 is 11.1 Å². The molecule has 1 aliphatic carbocycles. The summed E-state index contributed by atoms with van der Waals surface area (Å²) in [5.74, 6) is 2.26. The fraction of sp³-hybridized carbons (Fsp3) is 0.889. The third kappa shape index (κ3) is 2.13. The van der Waals surface area contributed by atoms with Crippen LogP contribution in [-0.4, -0.2) is 19.0 Å². The fourth-order valence-electron chi connectivity index (χ4n) is 1.60. The highest BCUT2D eigenvalue weighted by Gasteiger charge is 2.31. The van der Waals surface area contributed by atoms with E-state index >= 15 is 0 Å². The molecule has 1 aliphatic rings. The predicted molar refractivity (Wildman–Crippen MR) is 52.0 cm³/mol. The molecule has 1 fully saturated rings. The molecule has 0 aliphatic heterocycles. The first kappa shape index (κ1) is 9.36. The molecule has 0 atom stereocenters. The number of rotatable bonds is 2. The highest BCUT2D eigenvalue weighted by Crippen LogP contribution is 2.33. The van der Waals surface area contributed by atoms with E-state index in [-0.39, 0.29) is 0 Å². The zero-order valence-corrected chi connectivity index (χ0v) is 8.17. The van der Waals surface area contributed by atoms with E-state index in [2.05, 4.69) is 24.2 Å². The van der Waals surface area contributed by atoms with Crippen LogP contribution in [0.15, 0.2) is 4.99 Å². The van der Waals surface area contributed by atoms with Crippen LogP contribution in [0, 0.1) is 11.8 Å². The first-order chi connectivity index (χ1) is 5.63. The smallest absolute Gasteiger partial charge is 0.188 e. The van der Waals surface area contributed by atoms with Crippen molar-refractivity contribution < 1.29 is 0 Å². The van der Waals surface area contributed by atoms with E-state index in [0.29, 0.717) is 12.0 Å². The molecule has 1 rings (SSSR count). The fourth-order valence-corrected chi connectivity index (χ4v) is 1.60. The van der Waals surface area contributed by atoms with Gasteiger partial charge in [-0.3, -0.25) is 4.99 Å². The average molecular weight is 169 g/mol. The molecule has 0 aromatic rings. The van der Waals surface area contributed by atoms with Crippen molar-refractivity contribution in [2.75, 3.05) is 7.05 Å². The minimum Gasteiger partial charge on any atom is -0.370 e. The van der Waals surface area contributed by atoms with E-state index in [1.807, 2.05) is 0 Å². The highest BCUT2D eigenvalue weighted by atomic mass is 15.1. The molecule has 0 aromatic carbocycles. The lowest BCUT2D eigenvalue weighted by Gasteiger charge is -2.38. The molecular weight excluding hydrogens is 150 g/mol. The second kappa shape index (κ2) is 3.78. The van der Waals surface area contributed by atoms with Gasteiger partial charge in [0, 0.05) is 13.1 Å². The maximum Gasteiger partial charge on any atom is 0.188 e. The lowest BCUT2D eigenvalue weighted by Crippen LogP contribution is -2.48. The van der Waals surface area contributed by atoms with Gasteiger partial charge in [0.25, 0.3) is 0 Å². The van der Waals surface area contributed by atoms with Crippen LogP contribution < -0.4 is 11.1 Å². The number of aliphatic imine (C=N–C) groups is 1. The third-order valence-corrected chi connectivity index (χ3v) is 2.71. The van der Waals surface area contributed by atoms with E-state index in [1.54, 1.807) is 7.05 Å². The van der Waals surface area contributed by atoms with Crippen LogP contribution in [0.1, 0.15) is 26.7 Å². The van der Waals surface area contributed by atoms with E-state index in [1.165, 1.54) is 12.8 Å². The Morgan fingerprint density at radius 1 is 1.50 bits per heavy atom. The van der Waals surface area contributed by atoms with Gasteiger partial charge in [0.2, 0.25) is 0 Å². The molecule has 0 bridgehead atoms. The van der Waals surface area contributed by atoms with Gasteiger partial charge >= 0.3 is 0 Å². The standard InChI is InChI=1S/C9H19N3/c1-6(2)7-4-8(5-7)12-9(10)11-3/h6-8H,4-5H2,1-3H3,(H3,10,11,12). The molecule has 70 valence electrons. The SMILES string of the molecule is CN=C(N)NC1CC(C(C)C)C1. The number of hydrogen-bond acceptors (Lipinski definition) is 1. The predicted octanol–water partition coefficient (Wildman–Crippen LogP) is 0.955. The van der Waals surface area contributed by atoms with Gasteiger partial charge in [-0.15, -0.1) is 0 Å². The molecule has 3 N–H and O–H groups in total. The molecule has 0 saturated heterocycles. The quantitative estimate of drug-likeness (QED) is 0.478. The van der Waals surface area contributed by atoms with Crippen LogP contribution in [0.3, 0.4) is 0 Å². The number of nitrogens with two attached hydrogens (primary N) is 1. The Morgan fingerprint density at radius 3 is 2.50 bits per heavy atom. The van der Waals surface area contributed by atoms with Crippen molar-refractivity contribution in [1.82, 2.24) is 5.32 Å². The normalized spacial score (nSPS) is 30.2. The van der Waals surface area contributed by atoms with Crippen LogP contribution in [0.25, 0.3) is 0 Å². The molecule has 0 amide bonds. The minimum absolute atomic E-state index is 0.570. The first-order valence-electron chi connectivity index (χ1n) is 4.62. The Morgan fingerprint density at radius 2 is 2.08 bits per heavy atom. The van der Waals surface area contributed by atoms with Crippen LogP contribution in [0.2, 0.25) is 0 Å². The summed E-state index contributed by atoms with van der Waals surface area (Å²) in [6.07, 6.45) is 2.49. The zero-order chi connectivity index (χ0) is 9.14. The van der Waals surface area contributed by atoms with Crippen molar-refractivity contribution in [1.29, 1.82) is 0 Å². The molecule has 0 spiro atoms. The van der Waals surface area contributed by atoms with Crippen molar-refractivity contribution in [2.45, 2.75) is 32.7 Å². The van der Waals surface area contributed by atoms with Gasteiger partial charge in [0.05, 0.1) is 0 Å². The molecule has 0 heterocycles. The largest absolute Gasteiger partial charge is 0.370 e. The summed E-state index contributed by atoms with van der Waals surface area (Å²) < 4.78 is 0. The van der Waals surface area contributed by atoms with Crippen molar-refractivity contribution >= 4 is 5.96 Å². The summed E-state index contributed by atoms with van der Waals surface area (Å²) in [5.41, 5.74) is 5.54. The maximum atomic E-state index is 5.54. The Labute approximate surface area is 74.4 Å². The summed E-state index contributed by atoms with van der Waals surface area (Å²) in [4.78, 5) is 3.86. The van der Waals surface area contributed by atoms with Crippen molar-refractivity contribution in [3.63, 3.8) is 0 Å². The molecule has 1 saturated carbocycles. The second-order valence-electron chi connectivity index (χ2n) is 3.93. The monoisotopic (exact) mass is 169 g/mol. The molecule has 3 heteroatoms. The van der Waals surface area contributed by atoms with E-state index in [4.69, 9.17) is 5.73 Å². The summed E-state index contributed by atoms with van der Waals surface area (Å²) in [6, 6.07) is 0.570. The van der Waals surface area contributed by atoms with E-state index in [0.717, 1.165) is 11.8 Å². The summed E-state index contributed by atoms with van der Waals surface area (Å²) in [6.45, 7) is 4.55. The van der Waals surface area contributed by atoms with Gasteiger partial charge in [-0.2, -0.15) is 0 Å². The van der Waals surface area contributed by atoms with Crippen LogP contribution in [0.4, 0.5) is 0 Å². The summed E-state index contributed by atoms with van der Waals surface area (Å²) >= 11 is 0. The molecule has 3 nitrogen and oxygen atoms in total. The number of nitrogens with zero attached hydrogens (tertiary/aromatic N) is 1. The van der Waals surface area contributed by atoms with E-state index in [9.17, 15) is 0 Å². The Hall–Kier alpha value is -0.730. The van der Waals surface area contributed by atoms with E-state index < -0.39 is 0 Å². The Kier molecular flexibility index (Phi) is 2.95. The maximum absolute atomic E-state index is 5.54. The third-order valence-electron chi connectivity index (χ3n) is 2.71. The molecule has 0 aromatic heterocycles. The zero-order valence-electron chi connectivity index (χ0n) is 8.17. The summed E-state index contributed by atoms with van der Waals surface area (Å²) in [7, 11) is 1.71. The molecule has 0 radical (unpaired) electrons. The number of nitrogens with one attached hydrogen (secondary N) is 1. The van der Waals surface area contributed by atoms with Gasteiger partial charge in [-0.05, 0) is 24.7 Å². The van der Waals surface area contributed by atoms with Gasteiger partial charge in [-0.25, -0.2) is 0 Å². The topological polar surface area (TPSA) is 50.4 Å². The summed E-state index contributed by atoms with van der Waals surface area (Å²) in [5, 5.41) is 3.18. The first-order valence-corrected chi connectivity index (χ1v) is 4.62. The van der Waals surface area contributed by atoms with Crippen molar-refractivity contribution in [3.05, 3.63) is 0 Å². The molecule has 0 unspecified atom stereocenters. The number of hydrogen-bond donors (Lipinski definition) is 2. The second-order valence-corrected chi connectivity index (χ2v) is 3.93. The van der Waals surface area contributed by atoms with Gasteiger partial charge in [0.1, 0.15) is 0 Å². The van der Waals surface area contributed by atoms with Crippen LogP contribution in [-0.2, 0) is 0 Å². The lowest BCUT2D eigenvalue weighted by atomic mass is 9.74. The molecular formula is C9H19N3. The van der Waals surface area contributed by atoms with Crippen molar-refractivity contribution in [3.8, 4) is 0 Å². The van der Waals surface area contributed by atoms with Crippen molar-refractivity contribution in [2.24, 2.45) is 22.6 Å². The minimum atomic E-state index is 0.570.